The van der Waals surface area contributed by atoms with Gasteiger partial charge in [-0.1, -0.05) is 29.8 Å². The summed E-state index contributed by atoms with van der Waals surface area (Å²) in [5, 5.41) is 3.05. The van der Waals surface area contributed by atoms with Gasteiger partial charge in [-0.15, -0.1) is 11.8 Å². The summed E-state index contributed by atoms with van der Waals surface area (Å²) < 4.78 is 13.5. The van der Waals surface area contributed by atoms with Crippen molar-refractivity contribution in [2.24, 2.45) is 0 Å². The molecule has 1 N–H and O–H groups in total. The van der Waals surface area contributed by atoms with Crippen LogP contribution < -0.4 is 5.32 Å². The number of carbonyl (C=O) groups excluding carboxylic acids is 1. The molecule has 1 aliphatic rings. The predicted molar refractivity (Wildman–Crippen MR) is 87.5 cm³/mol. The summed E-state index contributed by atoms with van der Waals surface area (Å²) in [6, 6.07) is 12.7. The molecule has 3 rings (SSSR count). The Morgan fingerprint density at radius 1 is 1.27 bits per heavy atom. The summed E-state index contributed by atoms with van der Waals surface area (Å²) in [5.74, 6) is 0.670. The number of nitrogens with one attached hydrogen (secondary N) is 1. The summed E-state index contributed by atoms with van der Waals surface area (Å²) in [7, 11) is 0. The van der Waals surface area contributed by atoms with E-state index in [0.717, 1.165) is 28.2 Å². The third-order valence-electron chi connectivity index (χ3n) is 3.83. The largest absolute Gasteiger partial charge is 0.349 e. The number of hydrogen-bond acceptors (Lipinski definition) is 2. The molecule has 0 bridgehead atoms. The van der Waals surface area contributed by atoms with Gasteiger partial charge in [-0.05, 0) is 42.7 Å². The van der Waals surface area contributed by atoms with E-state index < -0.39 is 0 Å². The molecule has 1 amide bonds. The zero-order chi connectivity index (χ0) is 15.5. The molecule has 0 fully saturated rings. The summed E-state index contributed by atoms with van der Waals surface area (Å²) in [4.78, 5) is 13.3. The minimum Gasteiger partial charge on any atom is -0.349 e. The van der Waals surface area contributed by atoms with Crippen LogP contribution in [0.1, 0.15) is 29.2 Å². The van der Waals surface area contributed by atoms with Gasteiger partial charge in [0.1, 0.15) is 5.82 Å². The summed E-state index contributed by atoms with van der Waals surface area (Å²) >= 11 is 1.72. The van der Waals surface area contributed by atoms with E-state index >= 15 is 0 Å². The van der Waals surface area contributed by atoms with Gasteiger partial charge < -0.3 is 5.32 Å². The highest BCUT2D eigenvalue weighted by atomic mass is 32.2. The van der Waals surface area contributed by atoms with E-state index in [1.807, 2.05) is 31.2 Å². The van der Waals surface area contributed by atoms with Crippen LogP contribution in [0.5, 0.6) is 0 Å². The Balaban J connectivity index is 1.70. The zero-order valence-corrected chi connectivity index (χ0v) is 13.3. The third kappa shape index (κ3) is 3.50. The molecule has 4 heteroatoms. The molecule has 1 unspecified atom stereocenters. The monoisotopic (exact) mass is 315 g/mol. The number of halogens is 1. The Morgan fingerprint density at radius 3 is 2.82 bits per heavy atom. The Kier molecular flexibility index (Phi) is 4.48. The van der Waals surface area contributed by atoms with E-state index in [4.69, 9.17) is 0 Å². The van der Waals surface area contributed by atoms with Crippen LogP contribution >= 0.6 is 11.8 Å². The van der Waals surface area contributed by atoms with Gasteiger partial charge in [-0.2, -0.15) is 0 Å². The average molecular weight is 315 g/mol. The highest BCUT2D eigenvalue weighted by Gasteiger charge is 2.22. The Bertz CT molecular complexity index is 684. The molecule has 2 aromatic rings. The van der Waals surface area contributed by atoms with E-state index in [9.17, 15) is 9.18 Å². The van der Waals surface area contributed by atoms with E-state index in [-0.39, 0.29) is 17.8 Å². The molecule has 2 nitrogen and oxygen atoms in total. The molecule has 1 atom stereocenters. The van der Waals surface area contributed by atoms with E-state index in [2.05, 4.69) is 5.32 Å². The Morgan fingerprint density at radius 2 is 2.05 bits per heavy atom. The van der Waals surface area contributed by atoms with Gasteiger partial charge in [0.05, 0.1) is 12.5 Å². The summed E-state index contributed by atoms with van der Waals surface area (Å²) in [6.07, 6.45) is 1.19. The van der Waals surface area contributed by atoms with Gasteiger partial charge in [0.2, 0.25) is 5.91 Å². The maximum Gasteiger partial charge on any atom is 0.224 e. The lowest BCUT2D eigenvalue weighted by Gasteiger charge is -2.26. The van der Waals surface area contributed by atoms with Crippen LogP contribution in [0, 0.1) is 12.7 Å². The van der Waals surface area contributed by atoms with Gasteiger partial charge >= 0.3 is 0 Å². The van der Waals surface area contributed by atoms with Crippen molar-refractivity contribution in [1.29, 1.82) is 0 Å². The molecular weight excluding hydrogens is 297 g/mol. The molecule has 1 aliphatic heterocycles. The lowest BCUT2D eigenvalue weighted by Crippen LogP contribution is -2.31. The molecule has 0 saturated carbocycles. The normalized spacial score (nSPS) is 16.9. The number of fused-ring (bicyclic) bond motifs is 1. The van der Waals surface area contributed by atoms with Crippen molar-refractivity contribution in [1.82, 2.24) is 5.32 Å². The van der Waals surface area contributed by atoms with Crippen molar-refractivity contribution in [3.8, 4) is 0 Å². The van der Waals surface area contributed by atoms with Crippen molar-refractivity contribution in [2.45, 2.75) is 30.7 Å². The second kappa shape index (κ2) is 6.53. The smallest absolute Gasteiger partial charge is 0.224 e. The number of benzene rings is 2. The maximum absolute atomic E-state index is 13.5. The van der Waals surface area contributed by atoms with Crippen LogP contribution in [0.2, 0.25) is 0 Å². The topological polar surface area (TPSA) is 29.1 Å². The first-order valence-corrected chi connectivity index (χ1v) is 8.37. The molecule has 2 aromatic carbocycles. The molecule has 0 aliphatic carbocycles. The lowest BCUT2D eigenvalue weighted by molar-refractivity contribution is -0.121. The molecular formula is C18H18FNOS. The van der Waals surface area contributed by atoms with Gasteiger partial charge in [-0.3, -0.25) is 4.79 Å². The minimum absolute atomic E-state index is 0.0176. The first-order valence-electron chi connectivity index (χ1n) is 7.39. The fourth-order valence-electron chi connectivity index (χ4n) is 2.65. The standard InChI is InChI=1S/C18H18FNOS/c1-12-2-4-13(5-3-12)10-18(21)20-16-8-9-22-17-7-6-14(19)11-15(16)17/h2-7,11,16H,8-10H2,1H3,(H,20,21). The van der Waals surface area contributed by atoms with Crippen molar-refractivity contribution < 1.29 is 9.18 Å². The number of thioether (sulfide) groups is 1. The first-order chi connectivity index (χ1) is 10.6. The highest BCUT2D eigenvalue weighted by molar-refractivity contribution is 7.99. The van der Waals surface area contributed by atoms with Crippen molar-refractivity contribution >= 4 is 17.7 Å². The second-order valence-corrected chi connectivity index (χ2v) is 6.74. The Labute approximate surface area is 134 Å². The van der Waals surface area contributed by atoms with E-state index in [0.29, 0.717) is 6.42 Å². The SMILES string of the molecule is Cc1ccc(CC(=O)NC2CCSc3ccc(F)cc32)cc1. The lowest BCUT2D eigenvalue weighted by atomic mass is 10.0. The van der Waals surface area contributed by atoms with Gasteiger partial charge in [0.15, 0.2) is 0 Å². The van der Waals surface area contributed by atoms with Crippen LogP contribution in [-0.4, -0.2) is 11.7 Å². The van der Waals surface area contributed by atoms with Crippen LogP contribution in [0.25, 0.3) is 0 Å². The number of amides is 1. The van der Waals surface area contributed by atoms with Crippen molar-refractivity contribution in [2.75, 3.05) is 5.75 Å². The molecule has 114 valence electrons. The van der Waals surface area contributed by atoms with Gasteiger partial charge in [0.25, 0.3) is 0 Å². The number of hydrogen-bond donors (Lipinski definition) is 1. The van der Waals surface area contributed by atoms with Gasteiger partial charge in [-0.25, -0.2) is 4.39 Å². The predicted octanol–water partition coefficient (Wildman–Crippen LogP) is 4.03. The van der Waals surface area contributed by atoms with E-state index in [1.54, 1.807) is 17.8 Å². The second-order valence-electron chi connectivity index (χ2n) is 5.60. The number of rotatable bonds is 3. The summed E-state index contributed by atoms with van der Waals surface area (Å²) in [6.45, 7) is 2.02. The van der Waals surface area contributed by atoms with Gasteiger partial charge in [0, 0.05) is 10.6 Å². The van der Waals surface area contributed by atoms with Crippen LogP contribution in [0.15, 0.2) is 47.4 Å². The third-order valence-corrected chi connectivity index (χ3v) is 4.95. The molecule has 22 heavy (non-hydrogen) atoms. The average Bonchev–Trinajstić information content (AvgIpc) is 2.50. The minimum atomic E-state index is -0.251. The van der Waals surface area contributed by atoms with Crippen molar-refractivity contribution in [3.05, 3.63) is 65.0 Å². The number of aryl methyl sites for hydroxylation is 1. The van der Waals surface area contributed by atoms with Crippen molar-refractivity contribution in [3.63, 3.8) is 0 Å². The molecule has 0 spiro atoms. The number of carbonyl (C=O) groups is 1. The quantitative estimate of drug-likeness (QED) is 0.926. The molecule has 0 radical (unpaired) electrons. The Hall–Kier alpha value is -1.81. The van der Waals surface area contributed by atoms with Crippen LogP contribution in [-0.2, 0) is 11.2 Å². The van der Waals surface area contributed by atoms with E-state index in [1.165, 1.54) is 17.7 Å². The molecule has 0 aromatic heterocycles. The zero-order valence-electron chi connectivity index (χ0n) is 12.4. The first kappa shape index (κ1) is 15.1. The maximum atomic E-state index is 13.5. The molecule has 1 heterocycles. The van der Waals surface area contributed by atoms with Crippen LogP contribution in [0.3, 0.4) is 0 Å². The highest BCUT2D eigenvalue weighted by Crippen LogP contribution is 2.36. The fourth-order valence-corrected chi connectivity index (χ4v) is 3.76. The molecule has 0 saturated heterocycles. The van der Waals surface area contributed by atoms with Crippen LogP contribution in [0.4, 0.5) is 4.39 Å². The summed E-state index contributed by atoms with van der Waals surface area (Å²) in [5.41, 5.74) is 3.07. The fraction of sp³-hybridized carbons (Fsp3) is 0.278.